The smallest absolute Gasteiger partial charge is 0.227 e. The van der Waals surface area contributed by atoms with Crippen molar-refractivity contribution in [3.05, 3.63) is 34.9 Å². The van der Waals surface area contributed by atoms with Gasteiger partial charge in [-0.2, -0.15) is 0 Å². The van der Waals surface area contributed by atoms with Gasteiger partial charge in [-0.25, -0.2) is 0 Å². The van der Waals surface area contributed by atoms with E-state index in [0.717, 1.165) is 44.3 Å². The Morgan fingerprint density at radius 1 is 1.28 bits per heavy atom. The number of unbranched alkanes of at least 4 members (excludes halogenated alkanes) is 3. The molecule has 1 atom stereocenters. The second-order valence-corrected chi connectivity index (χ2v) is 7.27. The van der Waals surface area contributed by atoms with E-state index in [-0.39, 0.29) is 17.7 Å². The van der Waals surface area contributed by atoms with Crippen LogP contribution < -0.4 is 5.32 Å². The highest BCUT2D eigenvalue weighted by Crippen LogP contribution is 2.19. The summed E-state index contributed by atoms with van der Waals surface area (Å²) in [5.41, 5.74) is 0.917. The third-order valence-corrected chi connectivity index (χ3v) is 4.95. The number of piperidine rings is 1. The standard InChI is InChI=1S/C20H29ClN2O2/c1-2-3-4-5-11-22-20(25)17-9-7-12-23(15-17)19(24)14-16-8-6-10-18(21)13-16/h6,8,10,13,17H,2-5,7,9,11-12,14-15H2,1H3,(H,22,25). The lowest BCUT2D eigenvalue weighted by Gasteiger charge is -2.32. The average Bonchev–Trinajstić information content (AvgIpc) is 2.61. The van der Waals surface area contributed by atoms with Gasteiger partial charge in [0.15, 0.2) is 0 Å². The topological polar surface area (TPSA) is 49.4 Å². The van der Waals surface area contributed by atoms with E-state index in [4.69, 9.17) is 11.6 Å². The molecule has 25 heavy (non-hydrogen) atoms. The minimum absolute atomic E-state index is 0.0720. The van der Waals surface area contributed by atoms with Crippen LogP contribution in [0, 0.1) is 5.92 Å². The molecule has 5 heteroatoms. The molecule has 1 aromatic carbocycles. The fourth-order valence-electron chi connectivity index (χ4n) is 3.26. The Bertz CT molecular complexity index is 577. The molecule has 0 spiro atoms. The summed E-state index contributed by atoms with van der Waals surface area (Å²) in [5, 5.41) is 3.68. The molecule has 1 aliphatic rings. The maximum absolute atomic E-state index is 12.5. The average molecular weight is 365 g/mol. The number of hydrogen-bond acceptors (Lipinski definition) is 2. The lowest BCUT2D eigenvalue weighted by molar-refractivity contribution is -0.135. The maximum atomic E-state index is 12.5. The second kappa shape index (κ2) is 10.4. The molecule has 138 valence electrons. The number of nitrogens with one attached hydrogen (secondary N) is 1. The van der Waals surface area contributed by atoms with Crippen LogP contribution in [0.4, 0.5) is 0 Å². The summed E-state index contributed by atoms with van der Waals surface area (Å²) in [6.07, 6.45) is 6.68. The van der Waals surface area contributed by atoms with E-state index in [1.807, 2.05) is 23.1 Å². The van der Waals surface area contributed by atoms with Gasteiger partial charge in [-0.05, 0) is 37.0 Å². The predicted octanol–water partition coefficient (Wildman–Crippen LogP) is 3.82. The van der Waals surface area contributed by atoms with Crippen molar-refractivity contribution in [1.29, 1.82) is 0 Å². The minimum Gasteiger partial charge on any atom is -0.356 e. The number of carbonyl (C=O) groups is 2. The highest BCUT2D eigenvalue weighted by molar-refractivity contribution is 6.30. The van der Waals surface area contributed by atoms with Gasteiger partial charge in [-0.3, -0.25) is 9.59 Å². The van der Waals surface area contributed by atoms with Crippen LogP contribution in [0.2, 0.25) is 5.02 Å². The Balaban J connectivity index is 1.79. The normalized spacial score (nSPS) is 17.4. The zero-order valence-corrected chi connectivity index (χ0v) is 15.9. The summed E-state index contributed by atoms with van der Waals surface area (Å²) < 4.78 is 0. The van der Waals surface area contributed by atoms with E-state index in [1.54, 1.807) is 6.07 Å². The molecular weight excluding hydrogens is 336 g/mol. The van der Waals surface area contributed by atoms with Crippen molar-refractivity contribution in [2.24, 2.45) is 5.92 Å². The number of rotatable bonds is 8. The summed E-state index contributed by atoms with van der Waals surface area (Å²) in [5.74, 6) is 0.0858. The van der Waals surface area contributed by atoms with Crippen molar-refractivity contribution >= 4 is 23.4 Å². The van der Waals surface area contributed by atoms with Crippen molar-refractivity contribution in [3.8, 4) is 0 Å². The number of carbonyl (C=O) groups excluding carboxylic acids is 2. The second-order valence-electron chi connectivity index (χ2n) is 6.84. The van der Waals surface area contributed by atoms with Gasteiger partial charge in [0.05, 0.1) is 12.3 Å². The monoisotopic (exact) mass is 364 g/mol. The quantitative estimate of drug-likeness (QED) is 0.713. The van der Waals surface area contributed by atoms with Crippen LogP contribution in [0.25, 0.3) is 0 Å². The highest BCUT2D eigenvalue weighted by atomic mass is 35.5. The Kier molecular flexibility index (Phi) is 8.26. The Morgan fingerprint density at radius 2 is 2.12 bits per heavy atom. The van der Waals surface area contributed by atoms with Gasteiger partial charge in [0, 0.05) is 24.7 Å². The number of amides is 2. The Morgan fingerprint density at radius 3 is 2.88 bits per heavy atom. The molecule has 1 aromatic rings. The van der Waals surface area contributed by atoms with Crippen molar-refractivity contribution in [2.75, 3.05) is 19.6 Å². The lowest BCUT2D eigenvalue weighted by Crippen LogP contribution is -2.46. The number of halogens is 1. The van der Waals surface area contributed by atoms with Crippen LogP contribution in [0.3, 0.4) is 0 Å². The summed E-state index contributed by atoms with van der Waals surface area (Å²) in [7, 11) is 0. The molecule has 1 N–H and O–H groups in total. The fourth-order valence-corrected chi connectivity index (χ4v) is 3.47. The Labute approximate surface area is 155 Å². The van der Waals surface area contributed by atoms with E-state index >= 15 is 0 Å². The molecule has 1 aliphatic heterocycles. The first-order valence-corrected chi connectivity index (χ1v) is 9.78. The highest BCUT2D eigenvalue weighted by Gasteiger charge is 2.28. The molecule has 4 nitrogen and oxygen atoms in total. The van der Waals surface area contributed by atoms with Crippen molar-refractivity contribution in [2.45, 2.75) is 51.9 Å². The van der Waals surface area contributed by atoms with E-state index in [9.17, 15) is 9.59 Å². The number of nitrogens with zero attached hydrogens (tertiary/aromatic N) is 1. The molecule has 0 radical (unpaired) electrons. The first-order chi connectivity index (χ1) is 12.1. The molecule has 2 amide bonds. The van der Waals surface area contributed by atoms with Crippen LogP contribution in [-0.4, -0.2) is 36.3 Å². The molecule has 1 fully saturated rings. The molecule has 0 saturated carbocycles. The van der Waals surface area contributed by atoms with Gasteiger partial charge < -0.3 is 10.2 Å². The Hall–Kier alpha value is -1.55. The SMILES string of the molecule is CCCCCCNC(=O)C1CCCN(C(=O)Cc2cccc(Cl)c2)C1. The molecule has 0 aliphatic carbocycles. The molecule has 1 saturated heterocycles. The first kappa shape index (κ1) is 19.8. The van der Waals surface area contributed by atoms with Crippen molar-refractivity contribution < 1.29 is 9.59 Å². The lowest BCUT2D eigenvalue weighted by atomic mass is 9.96. The van der Waals surface area contributed by atoms with Crippen molar-refractivity contribution in [1.82, 2.24) is 10.2 Å². The molecule has 0 bridgehead atoms. The molecule has 1 heterocycles. The van der Waals surface area contributed by atoms with Crippen LogP contribution in [0.5, 0.6) is 0 Å². The molecular formula is C20H29ClN2O2. The third kappa shape index (κ3) is 6.69. The van der Waals surface area contributed by atoms with E-state index < -0.39 is 0 Å². The first-order valence-electron chi connectivity index (χ1n) is 9.40. The summed E-state index contributed by atoms with van der Waals surface area (Å²) in [4.78, 5) is 26.7. The summed E-state index contributed by atoms with van der Waals surface area (Å²) in [6.45, 7) is 4.18. The van der Waals surface area contributed by atoms with E-state index in [2.05, 4.69) is 12.2 Å². The van der Waals surface area contributed by atoms with Crippen molar-refractivity contribution in [3.63, 3.8) is 0 Å². The van der Waals surface area contributed by atoms with Gasteiger partial charge >= 0.3 is 0 Å². The zero-order valence-electron chi connectivity index (χ0n) is 15.1. The van der Waals surface area contributed by atoms with Crippen LogP contribution in [0.1, 0.15) is 51.0 Å². The molecule has 2 rings (SSSR count). The number of hydrogen-bond donors (Lipinski definition) is 1. The van der Waals surface area contributed by atoms with Crippen LogP contribution in [0.15, 0.2) is 24.3 Å². The molecule has 0 aromatic heterocycles. The minimum atomic E-state index is -0.0803. The zero-order chi connectivity index (χ0) is 18.1. The number of benzene rings is 1. The maximum Gasteiger partial charge on any atom is 0.227 e. The van der Waals surface area contributed by atoms with Gasteiger partial charge in [-0.1, -0.05) is 49.9 Å². The van der Waals surface area contributed by atoms with Gasteiger partial charge in [-0.15, -0.1) is 0 Å². The van der Waals surface area contributed by atoms with E-state index in [0.29, 0.717) is 18.0 Å². The van der Waals surface area contributed by atoms with Gasteiger partial charge in [0.1, 0.15) is 0 Å². The van der Waals surface area contributed by atoms with E-state index in [1.165, 1.54) is 12.8 Å². The third-order valence-electron chi connectivity index (χ3n) is 4.72. The summed E-state index contributed by atoms with van der Waals surface area (Å²) in [6, 6.07) is 7.39. The molecule has 1 unspecified atom stereocenters. The largest absolute Gasteiger partial charge is 0.356 e. The van der Waals surface area contributed by atoms with Crippen LogP contribution in [-0.2, 0) is 16.0 Å². The van der Waals surface area contributed by atoms with Crippen LogP contribution >= 0.6 is 11.6 Å². The summed E-state index contributed by atoms with van der Waals surface area (Å²) >= 11 is 5.98. The van der Waals surface area contributed by atoms with Gasteiger partial charge in [0.25, 0.3) is 0 Å². The predicted molar refractivity (Wildman–Crippen MR) is 102 cm³/mol. The fraction of sp³-hybridized carbons (Fsp3) is 0.600. The van der Waals surface area contributed by atoms with Gasteiger partial charge in [0.2, 0.25) is 11.8 Å². The number of likely N-dealkylation sites (tertiary alicyclic amines) is 1.